The van der Waals surface area contributed by atoms with Gasteiger partial charge in [0.25, 0.3) is 0 Å². The van der Waals surface area contributed by atoms with Crippen molar-refractivity contribution in [3.05, 3.63) is 35.9 Å². The summed E-state index contributed by atoms with van der Waals surface area (Å²) in [5.41, 5.74) is 7.90. The maximum absolute atomic E-state index is 6.25. The second kappa shape index (κ2) is 7.80. The highest BCUT2D eigenvalue weighted by atomic mass is 15.2. The summed E-state index contributed by atoms with van der Waals surface area (Å²) in [6.07, 6.45) is 9.19. The molecule has 2 nitrogen and oxygen atoms in total. The van der Waals surface area contributed by atoms with Crippen molar-refractivity contribution < 1.29 is 0 Å². The molecule has 1 fully saturated rings. The van der Waals surface area contributed by atoms with Gasteiger partial charge in [0, 0.05) is 18.6 Å². The van der Waals surface area contributed by atoms with Crippen LogP contribution in [-0.4, -0.2) is 23.5 Å². The molecule has 1 aromatic rings. The maximum atomic E-state index is 6.25. The molecule has 0 radical (unpaired) electrons. The van der Waals surface area contributed by atoms with Crippen molar-refractivity contribution in [3.63, 3.8) is 0 Å². The summed E-state index contributed by atoms with van der Waals surface area (Å²) in [4.78, 5) is 2.67. The highest BCUT2D eigenvalue weighted by Crippen LogP contribution is 2.33. The molecule has 2 rings (SSSR count). The molecule has 0 amide bonds. The van der Waals surface area contributed by atoms with Crippen molar-refractivity contribution in [2.45, 2.75) is 64.0 Å². The van der Waals surface area contributed by atoms with E-state index in [1.807, 2.05) is 0 Å². The highest BCUT2D eigenvalue weighted by molar-refractivity contribution is 5.15. The van der Waals surface area contributed by atoms with Gasteiger partial charge in [0.2, 0.25) is 0 Å². The molecule has 0 aliphatic heterocycles. The second-order valence-electron chi connectivity index (χ2n) is 6.25. The van der Waals surface area contributed by atoms with E-state index in [1.165, 1.54) is 50.5 Å². The summed E-state index contributed by atoms with van der Waals surface area (Å²) in [5, 5.41) is 0. The second-order valence-corrected chi connectivity index (χ2v) is 6.25. The van der Waals surface area contributed by atoms with Crippen LogP contribution in [0.1, 0.15) is 57.4 Å². The lowest BCUT2D eigenvalue weighted by atomic mass is 9.87. The van der Waals surface area contributed by atoms with Gasteiger partial charge in [0.1, 0.15) is 0 Å². The smallest absolute Gasteiger partial charge is 0.0335 e. The SMILES string of the molecule is CCCN(Cc1ccccc1)C1(CN)CCCCCC1. The molecule has 1 saturated carbocycles. The van der Waals surface area contributed by atoms with E-state index in [-0.39, 0.29) is 5.54 Å². The minimum atomic E-state index is 0.238. The van der Waals surface area contributed by atoms with E-state index in [0.29, 0.717) is 0 Å². The Labute approximate surface area is 124 Å². The van der Waals surface area contributed by atoms with Crippen LogP contribution in [0.2, 0.25) is 0 Å². The quantitative estimate of drug-likeness (QED) is 0.796. The van der Waals surface area contributed by atoms with E-state index in [9.17, 15) is 0 Å². The van der Waals surface area contributed by atoms with Crippen LogP contribution in [0.3, 0.4) is 0 Å². The number of nitrogens with two attached hydrogens (primary N) is 1. The zero-order chi connectivity index (χ0) is 14.3. The van der Waals surface area contributed by atoms with Crippen molar-refractivity contribution in [2.24, 2.45) is 5.73 Å². The van der Waals surface area contributed by atoms with Gasteiger partial charge in [-0.15, -0.1) is 0 Å². The number of hydrogen-bond acceptors (Lipinski definition) is 2. The lowest BCUT2D eigenvalue weighted by Gasteiger charge is -2.43. The molecule has 0 unspecified atom stereocenters. The molecule has 2 N–H and O–H groups in total. The Morgan fingerprint density at radius 3 is 2.25 bits per heavy atom. The predicted octanol–water partition coefficient (Wildman–Crippen LogP) is 3.95. The van der Waals surface area contributed by atoms with Gasteiger partial charge in [-0.2, -0.15) is 0 Å². The van der Waals surface area contributed by atoms with Gasteiger partial charge in [-0.25, -0.2) is 0 Å². The zero-order valence-electron chi connectivity index (χ0n) is 13.0. The number of nitrogens with zero attached hydrogens (tertiary/aromatic N) is 1. The molecule has 20 heavy (non-hydrogen) atoms. The lowest BCUT2D eigenvalue weighted by molar-refractivity contribution is 0.0697. The van der Waals surface area contributed by atoms with Gasteiger partial charge in [-0.3, -0.25) is 4.90 Å². The van der Waals surface area contributed by atoms with Crippen molar-refractivity contribution in [2.75, 3.05) is 13.1 Å². The van der Waals surface area contributed by atoms with E-state index in [1.54, 1.807) is 0 Å². The van der Waals surface area contributed by atoms with Crippen LogP contribution in [-0.2, 0) is 6.54 Å². The first kappa shape index (κ1) is 15.5. The zero-order valence-corrected chi connectivity index (χ0v) is 13.0. The first-order valence-corrected chi connectivity index (χ1v) is 8.30. The summed E-state index contributed by atoms with van der Waals surface area (Å²) in [5.74, 6) is 0. The molecule has 1 aromatic carbocycles. The number of hydrogen-bond donors (Lipinski definition) is 1. The number of benzene rings is 1. The van der Waals surface area contributed by atoms with Crippen LogP contribution in [0.5, 0.6) is 0 Å². The van der Waals surface area contributed by atoms with E-state index in [4.69, 9.17) is 5.73 Å². The summed E-state index contributed by atoms with van der Waals surface area (Å²) in [6, 6.07) is 10.9. The number of rotatable bonds is 6. The molecule has 2 heteroatoms. The Morgan fingerprint density at radius 1 is 1.05 bits per heavy atom. The third-order valence-corrected chi connectivity index (χ3v) is 4.79. The fraction of sp³-hybridized carbons (Fsp3) is 0.667. The Morgan fingerprint density at radius 2 is 1.70 bits per heavy atom. The Balaban J connectivity index is 2.15. The van der Waals surface area contributed by atoms with Crippen molar-refractivity contribution in [1.29, 1.82) is 0 Å². The van der Waals surface area contributed by atoms with Crippen molar-refractivity contribution in [1.82, 2.24) is 4.90 Å². The molecule has 0 heterocycles. The van der Waals surface area contributed by atoms with Gasteiger partial charge in [-0.1, -0.05) is 62.9 Å². The first-order chi connectivity index (χ1) is 9.80. The fourth-order valence-electron chi connectivity index (χ4n) is 3.59. The summed E-state index contributed by atoms with van der Waals surface area (Å²) >= 11 is 0. The van der Waals surface area contributed by atoms with E-state index < -0.39 is 0 Å². The van der Waals surface area contributed by atoms with Crippen LogP contribution in [0, 0.1) is 0 Å². The van der Waals surface area contributed by atoms with Crippen molar-refractivity contribution in [3.8, 4) is 0 Å². The molecule has 0 saturated heterocycles. The predicted molar refractivity (Wildman–Crippen MR) is 86.6 cm³/mol. The van der Waals surface area contributed by atoms with Crippen LogP contribution >= 0.6 is 0 Å². The third kappa shape index (κ3) is 3.83. The molecule has 0 bridgehead atoms. The lowest BCUT2D eigenvalue weighted by Crippen LogP contribution is -2.53. The van der Waals surface area contributed by atoms with Crippen LogP contribution in [0.15, 0.2) is 30.3 Å². The minimum Gasteiger partial charge on any atom is -0.329 e. The monoisotopic (exact) mass is 274 g/mol. The van der Waals surface area contributed by atoms with Gasteiger partial charge >= 0.3 is 0 Å². The van der Waals surface area contributed by atoms with Crippen LogP contribution in [0.4, 0.5) is 0 Å². The van der Waals surface area contributed by atoms with E-state index in [2.05, 4.69) is 42.2 Å². The first-order valence-electron chi connectivity index (χ1n) is 8.30. The molecule has 1 aliphatic carbocycles. The molecule has 0 aromatic heterocycles. The van der Waals surface area contributed by atoms with Crippen LogP contribution in [0.25, 0.3) is 0 Å². The Hall–Kier alpha value is -0.860. The third-order valence-electron chi connectivity index (χ3n) is 4.79. The van der Waals surface area contributed by atoms with Crippen LogP contribution < -0.4 is 5.73 Å². The summed E-state index contributed by atoms with van der Waals surface area (Å²) in [7, 11) is 0. The van der Waals surface area contributed by atoms with Crippen molar-refractivity contribution >= 4 is 0 Å². The van der Waals surface area contributed by atoms with Gasteiger partial charge in [0.05, 0.1) is 0 Å². The molecule has 0 spiro atoms. The average Bonchev–Trinajstić information content (AvgIpc) is 2.74. The van der Waals surface area contributed by atoms with Gasteiger partial charge < -0.3 is 5.73 Å². The molecule has 0 atom stereocenters. The Kier molecular flexibility index (Phi) is 6.06. The molecule has 112 valence electrons. The molecular weight excluding hydrogens is 244 g/mol. The maximum Gasteiger partial charge on any atom is 0.0335 e. The summed E-state index contributed by atoms with van der Waals surface area (Å²) < 4.78 is 0. The highest BCUT2D eigenvalue weighted by Gasteiger charge is 2.35. The molecule has 1 aliphatic rings. The average molecular weight is 274 g/mol. The molecular formula is C18H30N2. The Bertz CT molecular complexity index is 366. The fourth-order valence-corrected chi connectivity index (χ4v) is 3.59. The minimum absolute atomic E-state index is 0.238. The van der Waals surface area contributed by atoms with Gasteiger partial charge in [0.15, 0.2) is 0 Å². The van der Waals surface area contributed by atoms with Gasteiger partial charge in [-0.05, 0) is 31.4 Å². The van der Waals surface area contributed by atoms with E-state index >= 15 is 0 Å². The van der Waals surface area contributed by atoms with E-state index in [0.717, 1.165) is 19.6 Å². The summed E-state index contributed by atoms with van der Waals surface area (Å²) in [6.45, 7) is 5.29. The standard InChI is InChI=1S/C18H30N2/c1-2-14-20(15-17-10-6-5-7-11-17)18(16-19)12-8-3-4-9-13-18/h5-7,10-11H,2-4,8-9,12-16,19H2,1H3. The largest absolute Gasteiger partial charge is 0.329 e. The normalized spacial score (nSPS) is 18.9. The topological polar surface area (TPSA) is 29.3 Å².